The topological polar surface area (TPSA) is 54.5 Å². The molecule has 1 atom stereocenters. The summed E-state index contributed by atoms with van der Waals surface area (Å²) in [7, 11) is 0. The van der Waals surface area contributed by atoms with Crippen molar-refractivity contribution in [2.24, 2.45) is 0 Å². The van der Waals surface area contributed by atoms with Crippen molar-refractivity contribution in [1.82, 2.24) is 15.2 Å². The Morgan fingerprint density at radius 2 is 2.04 bits per heavy atom. The Morgan fingerprint density at radius 1 is 1.30 bits per heavy atom. The summed E-state index contributed by atoms with van der Waals surface area (Å²) in [5, 5.41) is 3.37. The maximum Gasteiger partial charge on any atom is 0.410 e. The van der Waals surface area contributed by atoms with E-state index in [0.29, 0.717) is 6.54 Å². The number of carbonyl (C=O) groups excluding carboxylic acids is 1. The Bertz CT molecular complexity index is 580. The second-order valence-corrected chi connectivity index (χ2v) is 7.48. The quantitative estimate of drug-likeness (QED) is 0.865. The molecular formula is C18H27N3O2. The Kier molecular flexibility index (Phi) is 4.57. The molecule has 1 N–H and O–H groups in total. The van der Waals surface area contributed by atoms with Crippen molar-refractivity contribution in [3.63, 3.8) is 0 Å². The number of hydrogen-bond acceptors (Lipinski definition) is 4. The molecule has 0 spiro atoms. The highest BCUT2D eigenvalue weighted by Gasteiger charge is 2.32. The van der Waals surface area contributed by atoms with E-state index in [9.17, 15) is 4.79 Å². The molecule has 1 aliphatic carbocycles. The lowest BCUT2D eigenvalue weighted by molar-refractivity contribution is 0.0113. The lowest BCUT2D eigenvalue weighted by atomic mass is 9.92. The molecule has 2 heterocycles. The number of ether oxygens (including phenoxy) is 1. The fraction of sp³-hybridized carbons (Fsp3) is 0.667. The number of carbonyl (C=O) groups is 1. The molecule has 1 aromatic heterocycles. The minimum Gasteiger partial charge on any atom is -0.444 e. The van der Waals surface area contributed by atoms with E-state index in [1.807, 2.05) is 31.9 Å². The van der Waals surface area contributed by atoms with Gasteiger partial charge in [-0.1, -0.05) is 0 Å². The van der Waals surface area contributed by atoms with Gasteiger partial charge < -0.3 is 10.1 Å². The Labute approximate surface area is 138 Å². The molecule has 1 saturated heterocycles. The van der Waals surface area contributed by atoms with Gasteiger partial charge >= 0.3 is 6.09 Å². The van der Waals surface area contributed by atoms with E-state index in [1.165, 1.54) is 24.0 Å². The van der Waals surface area contributed by atoms with E-state index in [0.717, 1.165) is 31.6 Å². The van der Waals surface area contributed by atoms with Crippen molar-refractivity contribution < 1.29 is 9.53 Å². The van der Waals surface area contributed by atoms with E-state index >= 15 is 0 Å². The van der Waals surface area contributed by atoms with Gasteiger partial charge in [0.1, 0.15) is 5.60 Å². The molecular weight excluding hydrogens is 290 g/mol. The molecule has 1 amide bonds. The van der Waals surface area contributed by atoms with Crippen molar-refractivity contribution in [3.8, 4) is 0 Å². The van der Waals surface area contributed by atoms with E-state index in [4.69, 9.17) is 4.74 Å². The summed E-state index contributed by atoms with van der Waals surface area (Å²) in [6.45, 7) is 7.88. The molecule has 1 unspecified atom stereocenters. The third-order valence-corrected chi connectivity index (χ3v) is 4.46. The molecule has 0 radical (unpaired) electrons. The average molecular weight is 317 g/mol. The zero-order valence-electron chi connectivity index (χ0n) is 14.4. The first-order valence-electron chi connectivity index (χ1n) is 8.62. The Hall–Kier alpha value is -1.62. The summed E-state index contributed by atoms with van der Waals surface area (Å²) in [5.41, 5.74) is 3.27. The molecule has 5 heteroatoms. The van der Waals surface area contributed by atoms with Crippen LogP contribution in [0.2, 0.25) is 0 Å². The number of pyridine rings is 1. The SMILES string of the molecule is CC(C)(C)OC(=O)N1CCNCC1c1cc2c(cn1)CCCC2. The summed E-state index contributed by atoms with van der Waals surface area (Å²) >= 11 is 0. The van der Waals surface area contributed by atoms with Gasteiger partial charge in [-0.25, -0.2) is 4.79 Å². The summed E-state index contributed by atoms with van der Waals surface area (Å²) in [6, 6.07) is 2.15. The fourth-order valence-corrected chi connectivity index (χ4v) is 3.32. The van der Waals surface area contributed by atoms with Gasteiger partial charge in [-0.15, -0.1) is 0 Å². The third kappa shape index (κ3) is 3.83. The van der Waals surface area contributed by atoms with E-state index < -0.39 is 5.60 Å². The summed E-state index contributed by atoms with van der Waals surface area (Å²) < 4.78 is 5.57. The van der Waals surface area contributed by atoms with Gasteiger partial charge in [0.2, 0.25) is 0 Å². The van der Waals surface area contributed by atoms with Crippen LogP contribution in [0, 0.1) is 0 Å². The lowest BCUT2D eigenvalue weighted by Gasteiger charge is -2.37. The van der Waals surface area contributed by atoms with Crippen molar-refractivity contribution in [1.29, 1.82) is 0 Å². The van der Waals surface area contributed by atoms with Crippen LogP contribution in [0.3, 0.4) is 0 Å². The van der Waals surface area contributed by atoms with Crippen molar-refractivity contribution >= 4 is 6.09 Å². The van der Waals surface area contributed by atoms with Crippen LogP contribution in [-0.4, -0.2) is 41.2 Å². The second-order valence-electron chi connectivity index (χ2n) is 7.48. The number of fused-ring (bicyclic) bond motifs is 1. The fourth-order valence-electron chi connectivity index (χ4n) is 3.32. The first-order chi connectivity index (χ1) is 10.9. The number of nitrogens with zero attached hydrogens (tertiary/aromatic N) is 2. The predicted octanol–water partition coefficient (Wildman–Crippen LogP) is 2.84. The number of nitrogens with one attached hydrogen (secondary N) is 1. The largest absolute Gasteiger partial charge is 0.444 e. The second kappa shape index (κ2) is 6.48. The Balaban J connectivity index is 1.82. The van der Waals surface area contributed by atoms with Gasteiger partial charge in [0.05, 0.1) is 11.7 Å². The van der Waals surface area contributed by atoms with Crippen LogP contribution in [0.1, 0.15) is 56.5 Å². The van der Waals surface area contributed by atoms with Gasteiger partial charge in [0.25, 0.3) is 0 Å². The zero-order chi connectivity index (χ0) is 16.4. The highest BCUT2D eigenvalue weighted by molar-refractivity contribution is 5.69. The van der Waals surface area contributed by atoms with Crippen molar-refractivity contribution in [3.05, 3.63) is 29.1 Å². The predicted molar refractivity (Wildman–Crippen MR) is 89.4 cm³/mol. The van der Waals surface area contributed by atoms with Crippen molar-refractivity contribution in [2.45, 2.75) is 58.1 Å². The highest BCUT2D eigenvalue weighted by Crippen LogP contribution is 2.27. The van der Waals surface area contributed by atoms with Gasteiger partial charge in [-0.05, 0) is 63.6 Å². The standard InChI is InChI=1S/C18H27N3O2/c1-18(2,3)23-17(22)21-9-8-19-12-16(21)15-10-13-6-4-5-7-14(13)11-20-15/h10-11,16,19H,4-9,12H2,1-3H3. The number of rotatable bonds is 1. The van der Waals surface area contributed by atoms with Crippen molar-refractivity contribution in [2.75, 3.05) is 19.6 Å². The smallest absolute Gasteiger partial charge is 0.410 e. The van der Waals surface area contributed by atoms with Crippen LogP contribution < -0.4 is 5.32 Å². The minimum atomic E-state index is -0.476. The average Bonchev–Trinajstić information content (AvgIpc) is 2.53. The van der Waals surface area contributed by atoms with Crippen LogP contribution in [0.4, 0.5) is 4.79 Å². The summed E-state index contributed by atoms with van der Waals surface area (Å²) in [5.74, 6) is 0. The number of piperazine rings is 1. The number of amides is 1. The molecule has 5 nitrogen and oxygen atoms in total. The third-order valence-electron chi connectivity index (χ3n) is 4.46. The van der Waals surface area contributed by atoms with Gasteiger partial charge in [0, 0.05) is 25.8 Å². The molecule has 0 saturated carbocycles. The number of aryl methyl sites for hydroxylation is 2. The summed E-state index contributed by atoms with van der Waals surface area (Å²) in [6.07, 6.45) is 6.51. The van der Waals surface area contributed by atoms with Crippen LogP contribution in [0.5, 0.6) is 0 Å². The minimum absolute atomic E-state index is 0.0502. The van der Waals surface area contributed by atoms with Crippen LogP contribution in [0.25, 0.3) is 0 Å². The van der Waals surface area contributed by atoms with E-state index in [-0.39, 0.29) is 12.1 Å². The van der Waals surface area contributed by atoms with Crippen LogP contribution in [-0.2, 0) is 17.6 Å². The number of hydrogen-bond donors (Lipinski definition) is 1. The molecule has 2 aliphatic rings. The van der Waals surface area contributed by atoms with Gasteiger partial charge in [-0.3, -0.25) is 9.88 Å². The molecule has 126 valence electrons. The molecule has 23 heavy (non-hydrogen) atoms. The van der Waals surface area contributed by atoms with E-state index in [2.05, 4.69) is 16.4 Å². The molecule has 3 rings (SSSR count). The maximum atomic E-state index is 12.5. The highest BCUT2D eigenvalue weighted by atomic mass is 16.6. The molecule has 1 aliphatic heterocycles. The Morgan fingerprint density at radius 3 is 2.78 bits per heavy atom. The zero-order valence-corrected chi connectivity index (χ0v) is 14.4. The molecule has 0 bridgehead atoms. The molecule has 1 aromatic rings. The molecule has 0 aromatic carbocycles. The first-order valence-corrected chi connectivity index (χ1v) is 8.62. The molecule has 1 fully saturated rings. The normalized spacial score (nSPS) is 21.7. The number of aromatic nitrogens is 1. The van der Waals surface area contributed by atoms with Gasteiger partial charge in [0.15, 0.2) is 0 Å². The maximum absolute atomic E-state index is 12.5. The monoisotopic (exact) mass is 317 g/mol. The first kappa shape index (κ1) is 16.2. The van der Waals surface area contributed by atoms with Crippen LogP contribution >= 0.6 is 0 Å². The van der Waals surface area contributed by atoms with E-state index in [1.54, 1.807) is 0 Å². The lowest BCUT2D eigenvalue weighted by Crippen LogP contribution is -2.50. The summed E-state index contributed by atoms with van der Waals surface area (Å²) in [4.78, 5) is 19.0. The van der Waals surface area contributed by atoms with Gasteiger partial charge in [-0.2, -0.15) is 0 Å². The van der Waals surface area contributed by atoms with Crippen LogP contribution in [0.15, 0.2) is 12.3 Å².